The summed E-state index contributed by atoms with van der Waals surface area (Å²) in [6.45, 7) is 1.19. The minimum atomic E-state index is -0.665. The Morgan fingerprint density at radius 2 is 2.27 bits per heavy atom. The molecule has 0 radical (unpaired) electrons. The van der Waals surface area contributed by atoms with E-state index in [2.05, 4.69) is 14.7 Å². The van der Waals surface area contributed by atoms with Gasteiger partial charge in [0, 0.05) is 24.7 Å². The highest BCUT2D eigenvalue weighted by Gasteiger charge is 2.14. The molecule has 2 rings (SSSR count). The number of esters is 2. The van der Waals surface area contributed by atoms with Crippen molar-refractivity contribution < 1.29 is 14.3 Å². The second kappa shape index (κ2) is 3.53. The quantitative estimate of drug-likeness (QED) is 0.560. The molecule has 5 nitrogen and oxygen atoms in total. The molecule has 0 unspecified atom stereocenters. The second-order valence-corrected chi connectivity index (χ2v) is 2.98. The van der Waals surface area contributed by atoms with Gasteiger partial charge in [-0.3, -0.25) is 4.79 Å². The highest BCUT2D eigenvalue weighted by Crippen LogP contribution is 2.16. The van der Waals surface area contributed by atoms with Crippen LogP contribution in [-0.2, 0) is 9.53 Å². The number of hydrogen-bond acceptors (Lipinski definition) is 4. The van der Waals surface area contributed by atoms with Gasteiger partial charge in [0.15, 0.2) is 0 Å². The highest BCUT2D eigenvalue weighted by molar-refractivity contribution is 6.06. The van der Waals surface area contributed by atoms with Crippen LogP contribution in [0.3, 0.4) is 0 Å². The minimum absolute atomic E-state index is 0.313. The first kappa shape index (κ1) is 9.39. The van der Waals surface area contributed by atoms with Crippen molar-refractivity contribution in [2.75, 3.05) is 0 Å². The summed E-state index contributed by atoms with van der Waals surface area (Å²) in [7, 11) is 0. The summed E-state index contributed by atoms with van der Waals surface area (Å²) in [6, 6.07) is 3.44. The van der Waals surface area contributed by atoms with Crippen LogP contribution in [-0.4, -0.2) is 21.9 Å². The lowest BCUT2D eigenvalue weighted by atomic mass is 10.2. The molecule has 0 aromatic carbocycles. The van der Waals surface area contributed by atoms with Gasteiger partial charge in [-0.2, -0.15) is 0 Å². The van der Waals surface area contributed by atoms with Crippen LogP contribution in [0.15, 0.2) is 24.5 Å². The Labute approximate surface area is 85.1 Å². The number of nitrogens with zero attached hydrogens (tertiary/aromatic N) is 1. The normalized spacial score (nSPS) is 10.2. The fourth-order valence-corrected chi connectivity index (χ4v) is 1.31. The van der Waals surface area contributed by atoms with Gasteiger partial charge in [-0.15, -0.1) is 0 Å². The topological polar surface area (TPSA) is 72.1 Å². The maximum atomic E-state index is 11.4. The summed E-state index contributed by atoms with van der Waals surface area (Å²) in [6.07, 6.45) is 3.09. The summed E-state index contributed by atoms with van der Waals surface area (Å²) in [5.41, 5.74) is 0.904. The zero-order valence-electron chi connectivity index (χ0n) is 7.98. The van der Waals surface area contributed by atoms with E-state index in [0.29, 0.717) is 16.6 Å². The van der Waals surface area contributed by atoms with Crippen molar-refractivity contribution in [3.8, 4) is 0 Å². The summed E-state index contributed by atoms with van der Waals surface area (Å²) >= 11 is 0. The molecular weight excluding hydrogens is 196 g/mol. The predicted molar refractivity (Wildman–Crippen MR) is 52.2 cm³/mol. The molecular formula is C10H8N2O3. The third kappa shape index (κ3) is 1.71. The van der Waals surface area contributed by atoms with E-state index >= 15 is 0 Å². The molecule has 5 heteroatoms. The monoisotopic (exact) mass is 204 g/mol. The number of H-pyrrole nitrogens is 1. The number of carbonyl (C=O) groups excluding carboxylic acids is 2. The lowest BCUT2D eigenvalue weighted by molar-refractivity contribution is -0.135. The molecule has 0 bridgehead atoms. The van der Waals surface area contributed by atoms with E-state index in [1.165, 1.54) is 13.1 Å². The Kier molecular flexibility index (Phi) is 2.21. The molecule has 76 valence electrons. The van der Waals surface area contributed by atoms with Gasteiger partial charge in [0.2, 0.25) is 0 Å². The molecule has 2 heterocycles. The summed E-state index contributed by atoms with van der Waals surface area (Å²) in [5, 5.41) is 0.642. The average molecular weight is 204 g/mol. The number of rotatable bonds is 1. The average Bonchev–Trinajstić information content (AvgIpc) is 2.59. The summed E-state index contributed by atoms with van der Waals surface area (Å²) in [4.78, 5) is 28.9. The van der Waals surface area contributed by atoms with Gasteiger partial charge in [-0.1, -0.05) is 0 Å². The van der Waals surface area contributed by atoms with E-state index in [0.717, 1.165) is 0 Å². The first-order valence-electron chi connectivity index (χ1n) is 4.33. The Morgan fingerprint density at radius 1 is 1.47 bits per heavy atom. The molecule has 0 aliphatic rings. The Morgan fingerprint density at radius 3 is 3.00 bits per heavy atom. The molecule has 0 atom stereocenters. The molecule has 0 fully saturated rings. The largest absolute Gasteiger partial charge is 0.390 e. The van der Waals surface area contributed by atoms with Gasteiger partial charge in [-0.05, 0) is 12.1 Å². The summed E-state index contributed by atoms with van der Waals surface area (Å²) in [5.74, 6) is -1.29. The number of aromatic nitrogens is 2. The molecule has 0 aliphatic carbocycles. The molecule has 1 N–H and O–H groups in total. The lowest BCUT2D eigenvalue weighted by Crippen LogP contribution is -2.08. The van der Waals surface area contributed by atoms with Crippen LogP contribution in [0.5, 0.6) is 0 Å². The van der Waals surface area contributed by atoms with Gasteiger partial charge in [0.1, 0.15) is 5.65 Å². The third-order valence-electron chi connectivity index (χ3n) is 1.91. The van der Waals surface area contributed by atoms with Crippen LogP contribution in [0.25, 0.3) is 11.0 Å². The van der Waals surface area contributed by atoms with Gasteiger partial charge < -0.3 is 9.72 Å². The number of hydrogen-bond donors (Lipinski definition) is 1. The SMILES string of the molecule is CC(=O)OC(=O)c1c[nH]c2ncccc12. The van der Waals surface area contributed by atoms with Crippen LogP contribution in [0.1, 0.15) is 17.3 Å². The third-order valence-corrected chi connectivity index (χ3v) is 1.91. The molecule has 0 saturated carbocycles. The Bertz CT molecular complexity index is 530. The number of nitrogens with one attached hydrogen (secondary N) is 1. The standard InChI is InChI=1S/C10H8N2O3/c1-6(13)15-10(14)8-5-12-9-7(8)3-2-4-11-9/h2-5H,1H3,(H,11,12). The second-order valence-electron chi connectivity index (χ2n) is 2.98. The van der Waals surface area contributed by atoms with Gasteiger partial charge >= 0.3 is 11.9 Å². The van der Waals surface area contributed by atoms with Crippen molar-refractivity contribution in [3.63, 3.8) is 0 Å². The van der Waals surface area contributed by atoms with Gasteiger partial charge in [0.05, 0.1) is 5.56 Å². The number of fused-ring (bicyclic) bond motifs is 1. The minimum Gasteiger partial charge on any atom is -0.390 e. The van der Waals surface area contributed by atoms with Gasteiger partial charge in [-0.25, -0.2) is 9.78 Å². The van der Waals surface area contributed by atoms with Crippen molar-refractivity contribution in [1.29, 1.82) is 0 Å². The smallest absolute Gasteiger partial charge is 0.348 e. The molecule has 2 aromatic rings. The molecule has 0 spiro atoms. The first-order chi connectivity index (χ1) is 7.18. The fourth-order valence-electron chi connectivity index (χ4n) is 1.31. The van der Waals surface area contributed by atoms with Gasteiger partial charge in [0.25, 0.3) is 0 Å². The molecule has 15 heavy (non-hydrogen) atoms. The predicted octanol–water partition coefficient (Wildman–Crippen LogP) is 1.27. The zero-order valence-corrected chi connectivity index (χ0v) is 7.98. The number of aromatic amines is 1. The summed E-state index contributed by atoms with van der Waals surface area (Å²) < 4.78 is 4.48. The van der Waals surface area contributed by atoms with E-state index in [9.17, 15) is 9.59 Å². The van der Waals surface area contributed by atoms with Crippen LogP contribution in [0.2, 0.25) is 0 Å². The Balaban J connectivity index is 2.44. The van der Waals surface area contributed by atoms with Crippen LogP contribution < -0.4 is 0 Å². The molecule has 0 amide bonds. The van der Waals surface area contributed by atoms with E-state index in [1.807, 2.05) is 0 Å². The number of carbonyl (C=O) groups is 2. The maximum absolute atomic E-state index is 11.4. The van der Waals surface area contributed by atoms with E-state index in [1.54, 1.807) is 18.3 Å². The lowest BCUT2D eigenvalue weighted by Gasteiger charge is -1.96. The first-order valence-corrected chi connectivity index (χ1v) is 4.33. The van der Waals surface area contributed by atoms with Crippen molar-refractivity contribution in [2.45, 2.75) is 6.92 Å². The molecule has 2 aromatic heterocycles. The fraction of sp³-hybridized carbons (Fsp3) is 0.100. The van der Waals surface area contributed by atoms with Crippen molar-refractivity contribution in [2.24, 2.45) is 0 Å². The van der Waals surface area contributed by atoms with Crippen molar-refractivity contribution in [1.82, 2.24) is 9.97 Å². The number of ether oxygens (including phenoxy) is 1. The van der Waals surface area contributed by atoms with E-state index in [4.69, 9.17) is 0 Å². The number of pyridine rings is 1. The maximum Gasteiger partial charge on any atom is 0.348 e. The van der Waals surface area contributed by atoms with Crippen molar-refractivity contribution >= 4 is 23.0 Å². The van der Waals surface area contributed by atoms with Crippen LogP contribution >= 0.6 is 0 Å². The Hall–Kier alpha value is -2.17. The van der Waals surface area contributed by atoms with Crippen LogP contribution in [0, 0.1) is 0 Å². The van der Waals surface area contributed by atoms with E-state index < -0.39 is 11.9 Å². The van der Waals surface area contributed by atoms with Crippen molar-refractivity contribution in [3.05, 3.63) is 30.1 Å². The molecule has 0 aliphatic heterocycles. The van der Waals surface area contributed by atoms with Crippen LogP contribution in [0.4, 0.5) is 0 Å². The zero-order chi connectivity index (χ0) is 10.8. The highest BCUT2D eigenvalue weighted by atomic mass is 16.6. The molecule has 0 saturated heterocycles. The van der Waals surface area contributed by atoms with E-state index in [-0.39, 0.29) is 0 Å².